The van der Waals surface area contributed by atoms with Gasteiger partial charge in [-0.05, 0) is 30.3 Å². The molecule has 21 heavy (non-hydrogen) atoms. The number of anilines is 1. The number of nitrogens with one attached hydrogen (secondary N) is 1. The van der Waals surface area contributed by atoms with Gasteiger partial charge < -0.3 is 15.5 Å². The number of hydrogen-bond acceptors (Lipinski definition) is 4. The van der Waals surface area contributed by atoms with E-state index in [-0.39, 0.29) is 11.4 Å². The number of fused-ring (bicyclic) bond motifs is 1. The van der Waals surface area contributed by atoms with E-state index in [0.29, 0.717) is 22.6 Å². The Morgan fingerprint density at radius 3 is 2.67 bits per heavy atom. The van der Waals surface area contributed by atoms with Gasteiger partial charge in [0.2, 0.25) is 0 Å². The minimum atomic E-state index is -1.07. The lowest BCUT2D eigenvalue weighted by atomic mass is 10.1. The maximum absolute atomic E-state index is 11.3. The number of para-hydroxylation sites is 2. The fraction of sp³-hybridized carbons (Fsp3) is 0. The minimum Gasteiger partial charge on any atom is -0.508 e. The van der Waals surface area contributed by atoms with Gasteiger partial charge in [0.25, 0.3) is 0 Å². The van der Waals surface area contributed by atoms with Gasteiger partial charge in [-0.1, -0.05) is 24.3 Å². The first-order valence-corrected chi connectivity index (χ1v) is 6.32. The molecule has 0 bridgehead atoms. The summed E-state index contributed by atoms with van der Waals surface area (Å²) in [5, 5.41) is 21.7. The standard InChI is InChI=1S/C16H12N2O3/c19-11-5-3-4-10(8-11)14-9-15(16(20)21)18-13-7-2-1-6-12(13)17-14/h1-9,18-19H,(H,20,21). The lowest BCUT2D eigenvalue weighted by Gasteiger charge is -2.06. The first-order valence-electron chi connectivity index (χ1n) is 6.32. The zero-order chi connectivity index (χ0) is 14.8. The highest BCUT2D eigenvalue weighted by atomic mass is 16.4. The molecule has 0 radical (unpaired) electrons. The van der Waals surface area contributed by atoms with Gasteiger partial charge >= 0.3 is 5.97 Å². The van der Waals surface area contributed by atoms with Crippen LogP contribution in [0.2, 0.25) is 0 Å². The lowest BCUT2D eigenvalue weighted by molar-refractivity contribution is -0.132. The van der Waals surface area contributed by atoms with Crippen molar-refractivity contribution in [2.45, 2.75) is 0 Å². The number of benzene rings is 2. The summed E-state index contributed by atoms with van der Waals surface area (Å²) in [4.78, 5) is 15.8. The van der Waals surface area contributed by atoms with Crippen LogP contribution in [0.3, 0.4) is 0 Å². The van der Waals surface area contributed by atoms with Crippen LogP contribution in [0, 0.1) is 0 Å². The molecule has 2 aromatic carbocycles. The Morgan fingerprint density at radius 1 is 1.10 bits per heavy atom. The molecule has 0 atom stereocenters. The molecule has 104 valence electrons. The second-order valence-electron chi connectivity index (χ2n) is 4.55. The Kier molecular flexibility index (Phi) is 3.16. The highest BCUT2D eigenvalue weighted by Crippen LogP contribution is 2.29. The minimum absolute atomic E-state index is 0.0297. The molecule has 0 aliphatic carbocycles. The molecule has 5 heteroatoms. The molecule has 1 aliphatic rings. The van der Waals surface area contributed by atoms with Gasteiger partial charge in [-0.2, -0.15) is 0 Å². The smallest absolute Gasteiger partial charge is 0.352 e. The van der Waals surface area contributed by atoms with Crippen molar-refractivity contribution in [1.82, 2.24) is 0 Å². The second kappa shape index (κ2) is 5.13. The number of phenolic OH excluding ortho intramolecular Hbond substituents is 1. The van der Waals surface area contributed by atoms with Gasteiger partial charge in [0.1, 0.15) is 11.4 Å². The molecular formula is C16H12N2O3. The van der Waals surface area contributed by atoms with E-state index in [1.165, 1.54) is 6.08 Å². The number of nitrogens with zero attached hydrogens (tertiary/aromatic N) is 1. The SMILES string of the molecule is O=C(O)C1=CC(c2cccc(O)c2)=Nc2ccccc2N1. The van der Waals surface area contributed by atoms with Crippen molar-refractivity contribution in [3.63, 3.8) is 0 Å². The van der Waals surface area contributed by atoms with E-state index in [0.717, 1.165) is 0 Å². The average molecular weight is 280 g/mol. The zero-order valence-electron chi connectivity index (χ0n) is 10.9. The van der Waals surface area contributed by atoms with Gasteiger partial charge in [0.05, 0.1) is 17.1 Å². The van der Waals surface area contributed by atoms with E-state index in [4.69, 9.17) is 0 Å². The normalized spacial score (nSPS) is 13.3. The number of aliphatic carboxylic acids is 1. The van der Waals surface area contributed by atoms with Crippen LogP contribution in [-0.2, 0) is 4.79 Å². The van der Waals surface area contributed by atoms with Gasteiger partial charge in [-0.3, -0.25) is 0 Å². The van der Waals surface area contributed by atoms with Crippen molar-refractivity contribution in [3.05, 3.63) is 65.9 Å². The Balaban J connectivity index is 2.18. The van der Waals surface area contributed by atoms with Crippen molar-refractivity contribution < 1.29 is 15.0 Å². The third-order valence-electron chi connectivity index (χ3n) is 3.07. The fourth-order valence-corrected chi connectivity index (χ4v) is 2.09. The van der Waals surface area contributed by atoms with Crippen molar-refractivity contribution in [2.24, 2.45) is 4.99 Å². The Hall–Kier alpha value is -3.08. The zero-order valence-corrected chi connectivity index (χ0v) is 10.9. The number of carbonyl (C=O) groups is 1. The van der Waals surface area contributed by atoms with Crippen LogP contribution in [0.4, 0.5) is 11.4 Å². The summed E-state index contributed by atoms with van der Waals surface area (Å²) in [6.45, 7) is 0. The van der Waals surface area contributed by atoms with Crippen LogP contribution in [0.5, 0.6) is 5.75 Å². The molecule has 0 unspecified atom stereocenters. The van der Waals surface area contributed by atoms with Crippen molar-refractivity contribution in [2.75, 3.05) is 5.32 Å². The molecule has 5 nitrogen and oxygen atoms in total. The highest BCUT2D eigenvalue weighted by molar-refractivity contribution is 6.15. The number of rotatable bonds is 2. The molecule has 0 aromatic heterocycles. The van der Waals surface area contributed by atoms with Crippen LogP contribution in [0.15, 0.2) is 65.3 Å². The van der Waals surface area contributed by atoms with Crippen molar-refractivity contribution in [1.29, 1.82) is 0 Å². The van der Waals surface area contributed by atoms with Gasteiger partial charge in [0.15, 0.2) is 0 Å². The van der Waals surface area contributed by atoms with E-state index < -0.39 is 5.97 Å². The lowest BCUT2D eigenvalue weighted by Crippen LogP contribution is -2.11. The maximum atomic E-state index is 11.3. The summed E-state index contributed by atoms with van der Waals surface area (Å²) >= 11 is 0. The Labute approximate surface area is 120 Å². The molecular weight excluding hydrogens is 268 g/mol. The number of allylic oxidation sites excluding steroid dienone is 1. The average Bonchev–Trinajstić information content (AvgIpc) is 2.66. The number of aliphatic imine (C=N–C) groups is 1. The molecule has 2 aromatic rings. The number of carboxylic acids is 1. The molecule has 3 N–H and O–H groups in total. The number of carboxylic acid groups (broad SMARTS) is 1. The molecule has 0 saturated carbocycles. The molecule has 1 aliphatic heterocycles. The highest BCUT2D eigenvalue weighted by Gasteiger charge is 2.16. The quantitative estimate of drug-likeness (QED) is 0.790. The monoisotopic (exact) mass is 280 g/mol. The third kappa shape index (κ3) is 2.62. The molecule has 0 amide bonds. The number of hydrogen-bond donors (Lipinski definition) is 3. The predicted octanol–water partition coefficient (Wildman–Crippen LogP) is 2.91. The fourth-order valence-electron chi connectivity index (χ4n) is 2.09. The van der Waals surface area contributed by atoms with Crippen LogP contribution < -0.4 is 5.32 Å². The summed E-state index contributed by atoms with van der Waals surface area (Å²) < 4.78 is 0. The second-order valence-corrected chi connectivity index (χ2v) is 4.55. The first-order chi connectivity index (χ1) is 10.1. The topological polar surface area (TPSA) is 81.9 Å². The van der Waals surface area contributed by atoms with Crippen LogP contribution in [-0.4, -0.2) is 21.9 Å². The molecule has 1 heterocycles. The van der Waals surface area contributed by atoms with Gasteiger partial charge in [-0.25, -0.2) is 9.79 Å². The van der Waals surface area contributed by atoms with Crippen LogP contribution in [0.25, 0.3) is 0 Å². The van der Waals surface area contributed by atoms with E-state index in [1.807, 2.05) is 6.07 Å². The van der Waals surface area contributed by atoms with Crippen LogP contribution in [0.1, 0.15) is 5.56 Å². The predicted molar refractivity (Wildman–Crippen MR) is 80.1 cm³/mol. The largest absolute Gasteiger partial charge is 0.508 e. The summed E-state index contributed by atoms with van der Waals surface area (Å²) in [7, 11) is 0. The van der Waals surface area contributed by atoms with E-state index >= 15 is 0 Å². The summed E-state index contributed by atoms with van der Waals surface area (Å²) in [6.07, 6.45) is 1.46. The van der Waals surface area contributed by atoms with E-state index in [1.54, 1.807) is 42.5 Å². The van der Waals surface area contributed by atoms with Crippen molar-refractivity contribution in [3.8, 4) is 5.75 Å². The molecule has 0 fully saturated rings. The van der Waals surface area contributed by atoms with Gasteiger partial charge in [0, 0.05) is 5.56 Å². The number of phenols is 1. The Bertz CT molecular complexity index is 779. The maximum Gasteiger partial charge on any atom is 0.352 e. The van der Waals surface area contributed by atoms with E-state index in [2.05, 4.69) is 10.3 Å². The Morgan fingerprint density at radius 2 is 1.90 bits per heavy atom. The summed E-state index contributed by atoms with van der Waals surface area (Å²) in [5.41, 5.74) is 2.42. The first kappa shape index (κ1) is 12.9. The molecule has 3 rings (SSSR count). The summed E-state index contributed by atoms with van der Waals surface area (Å²) in [5.74, 6) is -0.967. The van der Waals surface area contributed by atoms with E-state index in [9.17, 15) is 15.0 Å². The molecule has 0 saturated heterocycles. The van der Waals surface area contributed by atoms with Gasteiger partial charge in [-0.15, -0.1) is 0 Å². The summed E-state index contributed by atoms with van der Waals surface area (Å²) in [6, 6.07) is 13.7. The molecule has 0 spiro atoms. The van der Waals surface area contributed by atoms with Crippen LogP contribution >= 0.6 is 0 Å². The van der Waals surface area contributed by atoms with Crippen molar-refractivity contribution >= 4 is 23.1 Å². The number of aromatic hydroxyl groups is 1. The third-order valence-corrected chi connectivity index (χ3v) is 3.07.